The van der Waals surface area contributed by atoms with E-state index in [0.717, 1.165) is 6.07 Å². The summed E-state index contributed by atoms with van der Waals surface area (Å²) in [5.74, 6) is -2.23. The van der Waals surface area contributed by atoms with Gasteiger partial charge >= 0.3 is 0 Å². The topological polar surface area (TPSA) is 46.5 Å². The lowest BCUT2D eigenvalue weighted by Crippen LogP contribution is -1.98. The van der Waals surface area contributed by atoms with Gasteiger partial charge in [-0.25, -0.2) is 4.39 Å². The van der Waals surface area contributed by atoms with Crippen molar-refractivity contribution in [2.75, 3.05) is 7.11 Å². The van der Waals surface area contributed by atoms with Crippen LogP contribution in [0.3, 0.4) is 0 Å². The van der Waals surface area contributed by atoms with Crippen molar-refractivity contribution in [1.82, 2.24) is 0 Å². The van der Waals surface area contributed by atoms with Gasteiger partial charge in [0.15, 0.2) is 23.1 Å². The highest BCUT2D eigenvalue weighted by atomic mass is 35.5. The lowest BCUT2D eigenvalue weighted by Gasteiger charge is -2.08. The molecule has 1 aromatic carbocycles. The monoisotopic (exact) mass is 218 g/mol. The van der Waals surface area contributed by atoms with Gasteiger partial charge in [-0.2, -0.15) is 0 Å². The van der Waals surface area contributed by atoms with Crippen LogP contribution in [0, 0.1) is 5.82 Å². The largest absolute Gasteiger partial charge is 0.504 e. The normalized spacial score (nSPS) is 10.0. The third-order valence-corrected chi connectivity index (χ3v) is 2.01. The first-order valence-corrected chi connectivity index (χ1v) is 4.12. The maximum absolute atomic E-state index is 13.2. The van der Waals surface area contributed by atoms with Gasteiger partial charge in [-0.1, -0.05) is 11.6 Å². The first-order chi connectivity index (χ1) is 6.49. The number of methoxy groups -OCH3 is 1. The molecule has 14 heavy (non-hydrogen) atoms. The molecule has 3 nitrogen and oxygen atoms in total. The second kappa shape index (κ2) is 3.84. The molecule has 0 aliphatic heterocycles. The van der Waals surface area contributed by atoms with Crippen LogP contribution in [0.4, 0.5) is 4.39 Å². The Kier molecular flexibility index (Phi) is 2.96. The number of carbonyl (C=O) groups is 1. The molecule has 0 heterocycles. The quantitative estimate of drug-likeness (QED) is 0.776. The van der Waals surface area contributed by atoms with Crippen molar-refractivity contribution in [2.45, 2.75) is 6.92 Å². The number of hydrogen-bond donors (Lipinski definition) is 1. The van der Waals surface area contributed by atoms with Crippen LogP contribution < -0.4 is 4.74 Å². The maximum atomic E-state index is 13.2. The smallest absolute Gasteiger partial charge is 0.198 e. The molecule has 0 aromatic heterocycles. The van der Waals surface area contributed by atoms with Crippen molar-refractivity contribution in [1.29, 1.82) is 0 Å². The van der Waals surface area contributed by atoms with Crippen LogP contribution in [0.5, 0.6) is 11.5 Å². The second-order valence-electron chi connectivity index (χ2n) is 2.66. The van der Waals surface area contributed by atoms with Gasteiger partial charge in [0.25, 0.3) is 0 Å². The molecule has 5 heteroatoms. The molecule has 0 saturated carbocycles. The molecule has 0 amide bonds. The fraction of sp³-hybridized carbons (Fsp3) is 0.222. The minimum absolute atomic E-state index is 0.0618. The lowest BCUT2D eigenvalue weighted by molar-refractivity contribution is 0.101. The van der Waals surface area contributed by atoms with Gasteiger partial charge in [0, 0.05) is 0 Å². The van der Waals surface area contributed by atoms with Crippen LogP contribution in [-0.4, -0.2) is 18.0 Å². The maximum Gasteiger partial charge on any atom is 0.198 e. The summed E-state index contributed by atoms with van der Waals surface area (Å²) in [6.07, 6.45) is 0. The zero-order valence-electron chi connectivity index (χ0n) is 7.60. The van der Waals surface area contributed by atoms with E-state index in [9.17, 15) is 14.3 Å². The predicted octanol–water partition coefficient (Wildman–Crippen LogP) is 2.40. The van der Waals surface area contributed by atoms with E-state index >= 15 is 0 Å². The molecule has 0 fully saturated rings. The van der Waals surface area contributed by atoms with Crippen LogP contribution in [0.2, 0.25) is 5.02 Å². The Morgan fingerprint density at radius 2 is 2.21 bits per heavy atom. The molecule has 76 valence electrons. The molecule has 0 spiro atoms. The Morgan fingerprint density at radius 3 is 2.64 bits per heavy atom. The molecule has 1 rings (SSSR count). The number of carbonyl (C=O) groups excluding carboxylic acids is 1. The minimum atomic E-state index is -0.878. The number of halogens is 2. The highest BCUT2D eigenvalue weighted by molar-refractivity contribution is 6.31. The van der Waals surface area contributed by atoms with E-state index < -0.39 is 23.1 Å². The Bertz CT molecular complexity index is 390. The standard InChI is InChI=1S/C9H8ClFO3/c1-4(12)5-3-6(10)7(11)9(14-2)8(5)13/h3,13H,1-2H3. The first-order valence-electron chi connectivity index (χ1n) is 3.75. The van der Waals surface area contributed by atoms with E-state index in [-0.39, 0.29) is 10.6 Å². The van der Waals surface area contributed by atoms with Gasteiger partial charge in [-0.05, 0) is 13.0 Å². The fourth-order valence-corrected chi connectivity index (χ4v) is 1.24. The molecule has 1 N–H and O–H groups in total. The average molecular weight is 219 g/mol. The van der Waals surface area contributed by atoms with Crippen LogP contribution in [-0.2, 0) is 0 Å². The molecule has 0 aliphatic carbocycles. The van der Waals surface area contributed by atoms with Crippen molar-refractivity contribution in [3.63, 3.8) is 0 Å². The third kappa shape index (κ3) is 1.65. The van der Waals surface area contributed by atoms with Crippen LogP contribution in [0.25, 0.3) is 0 Å². The summed E-state index contributed by atoms with van der Waals surface area (Å²) in [5.41, 5.74) is -0.0618. The van der Waals surface area contributed by atoms with E-state index in [1.165, 1.54) is 14.0 Å². The van der Waals surface area contributed by atoms with Gasteiger partial charge in [0.05, 0.1) is 17.7 Å². The van der Waals surface area contributed by atoms with E-state index in [0.29, 0.717) is 0 Å². The molecule has 0 aliphatic rings. The SMILES string of the molecule is COc1c(O)c(C(C)=O)cc(Cl)c1F. The zero-order chi connectivity index (χ0) is 10.9. The molecule has 0 atom stereocenters. The lowest BCUT2D eigenvalue weighted by atomic mass is 10.1. The number of phenolic OH excluding ortho intramolecular Hbond substituents is 1. The number of ketones is 1. The van der Waals surface area contributed by atoms with Crippen molar-refractivity contribution in [2.24, 2.45) is 0 Å². The summed E-state index contributed by atoms with van der Waals surface area (Å²) in [6, 6.07) is 1.07. The average Bonchev–Trinajstić information content (AvgIpc) is 2.12. The van der Waals surface area contributed by atoms with E-state index in [2.05, 4.69) is 4.74 Å². The van der Waals surface area contributed by atoms with Crippen molar-refractivity contribution < 1.29 is 19.0 Å². The molecule has 0 radical (unpaired) electrons. The Balaban J connectivity index is 3.50. The summed E-state index contributed by atoms with van der Waals surface area (Å²) >= 11 is 5.50. The molecule has 1 aromatic rings. The number of rotatable bonds is 2. The number of Topliss-reactive ketones (excluding diaryl/α,β-unsaturated/α-hetero) is 1. The van der Waals surface area contributed by atoms with Crippen LogP contribution >= 0.6 is 11.6 Å². The molecule has 0 bridgehead atoms. The number of hydrogen-bond acceptors (Lipinski definition) is 3. The zero-order valence-corrected chi connectivity index (χ0v) is 8.35. The summed E-state index contributed by atoms with van der Waals surface area (Å²) in [7, 11) is 1.18. The second-order valence-corrected chi connectivity index (χ2v) is 3.07. The van der Waals surface area contributed by atoms with Crippen molar-refractivity contribution in [3.05, 3.63) is 22.5 Å². The van der Waals surface area contributed by atoms with Gasteiger partial charge in [-0.15, -0.1) is 0 Å². The van der Waals surface area contributed by atoms with Crippen LogP contribution in [0.15, 0.2) is 6.07 Å². The number of benzene rings is 1. The molecule has 0 unspecified atom stereocenters. The molecular weight excluding hydrogens is 211 g/mol. The fourth-order valence-electron chi connectivity index (χ4n) is 1.05. The number of phenols is 1. The summed E-state index contributed by atoms with van der Waals surface area (Å²) in [5, 5.41) is 9.16. The van der Waals surface area contributed by atoms with Crippen molar-refractivity contribution in [3.8, 4) is 11.5 Å². The third-order valence-electron chi connectivity index (χ3n) is 1.73. The van der Waals surface area contributed by atoms with Crippen molar-refractivity contribution >= 4 is 17.4 Å². The Morgan fingerprint density at radius 1 is 1.64 bits per heavy atom. The van der Waals surface area contributed by atoms with Crippen LogP contribution in [0.1, 0.15) is 17.3 Å². The van der Waals surface area contributed by atoms with Gasteiger partial charge in [-0.3, -0.25) is 4.79 Å². The highest BCUT2D eigenvalue weighted by Gasteiger charge is 2.19. The van der Waals surface area contributed by atoms with Gasteiger partial charge in [0.2, 0.25) is 0 Å². The van der Waals surface area contributed by atoms with E-state index in [1.807, 2.05) is 0 Å². The summed E-state index contributed by atoms with van der Waals surface area (Å²) < 4.78 is 17.8. The Labute approximate surface area is 85.1 Å². The highest BCUT2D eigenvalue weighted by Crippen LogP contribution is 2.37. The first kappa shape index (κ1) is 10.8. The predicted molar refractivity (Wildman–Crippen MR) is 49.6 cm³/mol. The van der Waals surface area contributed by atoms with Gasteiger partial charge < -0.3 is 9.84 Å². The molecular formula is C9H8ClFO3. The van der Waals surface area contributed by atoms with E-state index in [4.69, 9.17) is 11.6 Å². The van der Waals surface area contributed by atoms with Gasteiger partial charge in [0.1, 0.15) is 0 Å². The number of ether oxygens (including phenoxy) is 1. The van der Waals surface area contributed by atoms with E-state index in [1.54, 1.807) is 0 Å². The Hall–Kier alpha value is -1.29. The minimum Gasteiger partial charge on any atom is -0.504 e. The summed E-state index contributed by atoms with van der Waals surface area (Å²) in [4.78, 5) is 11.0. The molecule has 0 saturated heterocycles. The summed E-state index contributed by atoms with van der Waals surface area (Å²) in [6.45, 7) is 1.24. The number of aromatic hydroxyl groups is 1.